The molecule has 5 heterocycles. The second-order valence-electron chi connectivity index (χ2n) is 14.7. The van der Waals surface area contributed by atoms with E-state index in [2.05, 4.69) is 5.32 Å². The summed E-state index contributed by atoms with van der Waals surface area (Å²) in [6, 6.07) is -1.71. The summed E-state index contributed by atoms with van der Waals surface area (Å²) in [5.41, 5.74) is 0. The van der Waals surface area contributed by atoms with Gasteiger partial charge < -0.3 is 130 Å². The minimum atomic E-state index is -2.10. The molecule has 0 unspecified atom stereocenters. The van der Waals surface area contributed by atoms with E-state index in [1.807, 2.05) is 0 Å². The SMILES string of the molecule is CC(=O)N[C@H]1[C@H](O[C@H]2[C@@H](O)[C@@H](CO)O[C@@H](O[C@H]3[C@H](O)[C@@H](O)[C@H](O)O[C@@H]3CO)[C@@H]2O)O[C@H](CO)[C@@H](O[C@@H]2O[C@H](CO)[C@H](O[C@H]3O[C@H](CO)[C@H](O)[C@H](O)[C@H]3O)[C@H](O)[C@H]2O)[C@@H]1O. The fourth-order valence-electron chi connectivity index (χ4n) is 7.43. The van der Waals surface area contributed by atoms with E-state index in [4.69, 9.17) is 42.6 Å². The van der Waals surface area contributed by atoms with Crippen molar-refractivity contribution in [3.8, 4) is 0 Å². The van der Waals surface area contributed by atoms with Crippen molar-refractivity contribution in [3.63, 3.8) is 0 Å². The quantitative estimate of drug-likeness (QED) is 0.0770. The third kappa shape index (κ3) is 10.2. The lowest BCUT2D eigenvalue weighted by atomic mass is 9.94. The van der Waals surface area contributed by atoms with Crippen LogP contribution in [-0.2, 0) is 47.4 Å². The van der Waals surface area contributed by atoms with Crippen LogP contribution in [-0.4, -0.2) is 274 Å². The molecule has 0 aliphatic carbocycles. The predicted molar refractivity (Wildman–Crippen MR) is 178 cm³/mol. The Morgan fingerprint density at radius 2 is 0.780 bits per heavy atom. The zero-order chi connectivity index (χ0) is 43.6. The molecular formula is C32H55NO26. The molecule has 0 aromatic rings. The molecule has 0 spiro atoms. The van der Waals surface area contributed by atoms with Gasteiger partial charge in [0.25, 0.3) is 0 Å². The Labute approximate surface area is 333 Å². The molecule has 27 heteroatoms. The molecule has 5 fully saturated rings. The van der Waals surface area contributed by atoms with Crippen LogP contribution >= 0.6 is 0 Å². The molecule has 0 aromatic carbocycles. The van der Waals surface area contributed by atoms with E-state index in [0.717, 1.165) is 6.92 Å². The van der Waals surface area contributed by atoms with E-state index >= 15 is 0 Å². The molecule has 5 aliphatic heterocycles. The maximum Gasteiger partial charge on any atom is 0.217 e. The van der Waals surface area contributed by atoms with E-state index in [0.29, 0.717) is 0 Å². The highest BCUT2D eigenvalue weighted by Gasteiger charge is 2.56. The van der Waals surface area contributed by atoms with Gasteiger partial charge in [0.1, 0.15) is 122 Å². The lowest BCUT2D eigenvalue weighted by molar-refractivity contribution is -0.386. The average molecular weight is 870 g/mol. The van der Waals surface area contributed by atoms with E-state index in [-0.39, 0.29) is 0 Å². The maximum absolute atomic E-state index is 12.4. The van der Waals surface area contributed by atoms with Crippen molar-refractivity contribution < 1.29 is 129 Å². The highest BCUT2D eigenvalue weighted by atomic mass is 16.8. The van der Waals surface area contributed by atoms with Crippen LogP contribution in [0.3, 0.4) is 0 Å². The Bertz CT molecular complexity index is 1320. The van der Waals surface area contributed by atoms with Crippen LogP contribution < -0.4 is 5.32 Å². The molecule has 0 radical (unpaired) electrons. The fourth-order valence-corrected chi connectivity index (χ4v) is 7.43. The topological polar surface area (TPSA) is 436 Å². The summed E-state index contributed by atoms with van der Waals surface area (Å²) in [4.78, 5) is 12.4. The minimum absolute atomic E-state index is 0.810. The third-order valence-electron chi connectivity index (χ3n) is 10.7. The standard InChI is InChI=1S/C32H55NO26/c1-7(39)33-13-16(42)24(56-31-22(48)19(45)26(12(6-38)55-31)57-30-21(47)17(43)14(40)8(2-34)52-30)11(5-37)54-29(13)59-27-15(41)9(3-35)53-32(23(27)49)58-25-10(4-36)51-28(50)20(46)18(25)44/h8-32,34-38,40-50H,2-6H2,1H3,(H,33,39)/t8-,9-,10-,11-,12-,13-,14+,15+,16-,17+,18-,19-,20-,21-,22-,23-,24-,25-,26+,27+,28-,29+,30-,31+,32+/m1/s1. The second-order valence-corrected chi connectivity index (χ2v) is 14.7. The van der Waals surface area contributed by atoms with Gasteiger partial charge >= 0.3 is 0 Å². The van der Waals surface area contributed by atoms with Gasteiger partial charge in [-0.25, -0.2) is 0 Å². The smallest absolute Gasteiger partial charge is 0.217 e. The van der Waals surface area contributed by atoms with Crippen LogP contribution in [0.25, 0.3) is 0 Å². The molecule has 0 bridgehead atoms. The molecule has 344 valence electrons. The number of hydrogen-bond donors (Lipinski definition) is 17. The van der Waals surface area contributed by atoms with Crippen LogP contribution in [0.15, 0.2) is 0 Å². The normalized spacial score (nSPS) is 51.0. The number of carbonyl (C=O) groups is 1. The van der Waals surface area contributed by atoms with E-state index in [1.165, 1.54) is 0 Å². The zero-order valence-corrected chi connectivity index (χ0v) is 31.2. The molecule has 0 aromatic heterocycles. The van der Waals surface area contributed by atoms with E-state index in [9.17, 15) is 86.5 Å². The molecule has 59 heavy (non-hydrogen) atoms. The van der Waals surface area contributed by atoms with Crippen LogP contribution in [0.4, 0.5) is 0 Å². The van der Waals surface area contributed by atoms with Gasteiger partial charge in [-0.3, -0.25) is 4.79 Å². The number of ether oxygens (including phenoxy) is 9. The van der Waals surface area contributed by atoms with Crippen LogP contribution in [0, 0.1) is 0 Å². The molecule has 5 aliphatic rings. The third-order valence-corrected chi connectivity index (χ3v) is 10.7. The van der Waals surface area contributed by atoms with Crippen LogP contribution in [0.5, 0.6) is 0 Å². The van der Waals surface area contributed by atoms with Crippen molar-refractivity contribution in [3.05, 3.63) is 0 Å². The highest BCUT2D eigenvalue weighted by molar-refractivity contribution is 5.73. The number of amides is 1. The molecule has 5 saturated heterocycles. The van der Waals surface area contributed by atoms with Crippen LogP contribution in [0.1, 0.15) is 6.92 Å². The molecule has 25 atom stereocenters. The summed E-state index contributed by atoms with van der Waals surface area (Å²) >= 11 is 0. The first-order valence-electron chi connectivity index (χ1n) is 18.6. The van der Waals surface area contributed by atoms with Gasteiger partial charge in [0.15, 0.2) is 31.5 Å². The fraction of sp³-hybridized carbons (Fsp3) is 0.969. The van der Waals surface area contributed by atoms with Crippen molar-refractivity contribution >= 4 is 5.91 Å². The number of hydrogen-bond acceptors (Lipinski definition) is 26. The first-order chi connectivity index (χ1) is 27.9. The summed E-state index contributed by atoms with van der Waals surface area (Å²) in [5.74, 6) is -0.810. The van der Waals surface area contributed by atoms with E-state index < -0.39 is 192 Å². The average Bonchev–Trinajstić information content (AvgIpc) is 3.21. The van der Waals surface area contributed by atoms with Crippen molar-refractivity contribution in [2.75, 3.05) is 33.0 Å². The van der Waals surface area contributed by atoms with Crippen molar-refractivity contribution in [1.82, 2.24) is 5.32 Å². The number of nitrogens with one attached hydrogen (secondary N) is 1. The first kappa shape index (κ1) is 48.5. The first-order valence-corrected chi connectivity index (χ1v) is 18.6. The largest absolute Gasteiger partial charge is 0.394 e. The second kappa shape index (κ2) is 20.8. The van der Waals surface area contributed by atoms with Crippen LogP contribution in [0.2, 0.25) is 0 Å². The lowest BCUT2D eigenvalue weighted by Gasteiger charge is -2.50. The molecule has 0 saturated carbocycles. The number of rotatable bonds is 14. The Morgan fingerprint density at radius 1 is 0.407 bits per heavy atom. The number of aliphatic hydroxyl groups excluding tert-OH is 16. The Morgan fingerprint density at radius 3 is 1.27 bits per heavy atom. The van der Waals surface area contributed by atoms with Gasteiger partial charge in [-0.2, -0.15) is 0 Å². The summed E-state index contributed by atoms with van der Waals surface area (Å²) in [7, 11) is 0. The van der Waals surface area contributed by atoms with E-state index in [1.54, 1.807) is 0 Å². The summed E-state index contributed by atoms with van der Waals surface area (Å²) in [6.07, 6.45) is -43.9. The monoisotopic (exact) mass is 869 g/mol. The molecule has 17 N–H and O–H groups in total. The van der Waals surface area contributed by atoms with Gasteiger partial charge in [0, 0.05) is 6.92 Å². The Balaban J connectivity index is 1.32. The van der Waals surface area contributed by atoms with Crippen molar-refractivity contribution in [2.24, 2.45) is 0 Å². The molecular weight excluding hydrogens is 814 g/mol. The predicted octanol–water partition coefficient (Wildman–Crippen LogP) is -11.8. The molecule has 1 amide bonds. The summed E-state index contributed by atoms with van der Waals surface area (Å²) in [5, 5.41) is 169. The van der Waals surface area contributed by atoms with Crippen molar-refractivity contribution in [1.29, 1.82) is 0 Å². The summed E-state index contributed by atoms with van der Waals surface area (Å²) < 4.78 is 50.0. The highest BCUT2D eigenvalue weighted by Crippen LogP contribution is 2.35. The maximum atomic E-state index is 12.4. The Kier molecular flexibility index (Phi) is 17.1. The zero-order valence-electron chi connectivity index (χ0n) is 31.2. The van der Waals surface area contributed by atoms with Gasteiger partial charge in [0.05, 0.1) is 33.0 Å². The van der Waals surface area contributed by atoms with Gasteiger partial charge in [-0.15, -0.1) is 0 Å². The van der Waals surface area contributed by atoms with Gasteiger partial charge in [-0.1, -0.05) is 0 Å². The number of aliphatic hydroxyl groups is 16. The number of carbonyl (C=O) groups excluding carboxylic acids is 1. The Hall–Kier alpha value is -1.53. The summed E-state index contributed by atoms with van der Waals surface area (Å²) in [6.45, 7) is -3.54. The minimum Gasteiger partial charge on any atom is -0.394 e. The molecule has 27 nitrogen and oxygen atoms in total. The lowest BCUT2D eigenvalue weighted by Crippen LogP contribution is -2.70. The van der Waals surface area contributed by atoms with Crippen molar-refractivity contribution in [2.45, 2.75) is 160 Å². The van der Waals surface area contributed by atoms with Gasteiger partial charge in [0.2, 0.25) is 5.91 Å². The molecule has 5 rings (SSSR count). The van der Waals surface area contributed by atoms with Gasteiger partial charge in [-0.05, 0) is 0 Å².